The van der Waals surface area contributed by atoms with Gasteiger partial charge in [-0.25, -0.2) is 0 Å². The summed E-state index contributed by atoms with van der Waals surface area (Å²) in [6, 6.07) is 0. The van der Waals surface area contributed by atoms with Crippen LogP contribution < -0.4 is 0 Å². The minimum atomic E-state index is 0. The minimum absolute atomic E-state index is 0. The van der Waals surface area contributed by atoms with Gasteiger partial charge in [-0.3, -0.25) is 0 Å². The van der Waals surface area contributed by atoms with E-state index >= 15 is 0 Å². The molecule has 0 aromatic heterocycles. The molecule has 0 unspecified atom stereocenters. The minimum Gasteiger partial charge on any atom is -0.114 e. The lowest BCUT2D eigenvalue weighted by molar-refractivity contribution is 0.886. The highest BCUT2D eigenvalue weighted by Crippen LogP contribution is 1.76. The fourth-order valence-electron chi connectivity index (χ4n) is 0. The van der Waals surface area contributed by atoms with Crippen LogP contribution in [0.25, 0.3) is 0 Å². The Hall–Kier alpha value is 0.480. The van der Waals surface area contributed by atoms with Gasteiger partial charge in [0.05, 0.1) is 0 Å². The predicted octanol–water partition coefficient (Wildman–Crippen LogP) is 2.38. The Bertz CT molecular complexity index is 5.61. The normalized spacial score (nSPS) is 6.00. The van der Waals surface area contributed by atoms with Crippen molar-refractivity contribution in [3.8, 4) is 0 Å². The van der Waals surface area contributed by atoms with Crippen LogP contribution in [0.15, 0.2) is 0 Å². The van der Waals surface area contributed by atoms with Gasteiger partial charge in [-0.05, 0) is 0 Å². The van der Waals surface area contributed by atoms with E-state index in [0.29, 0.717) is 0 Å². The van der Waals surface area contributed by atoms with Gasteiger partial charge in [0.15, 0.2) is 0 Å². The molecule has 0 amide bonds. The van der Waals surface area contributed by atoms with Gasteiger partial charge in [0.2, 0.25) is 0 Å². The van der Waals surface area contributed by atoms with Gasteiger partial charge in [-0.1, -0.05) is 26.7 Å². The van der Waals surface area contributed by atoms with Crippen molar-refractivity contribution in [2.75, 3.05) is 0 Å². The molecule has 0 aromatic carbocycles. The molecule has 1 heteroatoms. The van der Waals surface area contributed by atoms with E-state index in [2.05, 4.69) is 13.8 Å². The van der Waals surface area contributed by atoms with Gasteiger partial charge < -0.3 is 0 Å². The summed E-state index contributed by atoms with van der Waals surface area (Å²) in [7, 11) is 0. The lowest BCUT2D eigenvalue weighted by atomic mass is 10.4. The van der Waals surface area contributed by atoms with Crippen LogP contribution in [-0.4, -0.2) is 0 Å². The fourth-order valence-corrected chi connectivity index (χ4v) is 0. The Morgan fingerprint density at radius 1 is 1.00 bits per heavy atom. The standard InChI is InChI=1S/C4H10.BrH/c1-3-4-2;/h3-4H2,1-2H3;1H. The van der Waals surface area contributed by atoms with Gasteiger partial charge in [0, 0.05) is 0 Å². The van der Waals surface area contributed by atoms with Crippen LogP contribution in [-0.2, 0) is 0 Å². The number of rotatable bonds is 1. The van der Waals surface area contributed by atoms with E-state index in [1.807, 2.05) is 0 Å². The molecule has 0 radical (unpaired) electrons. The van der Waals surface area contributed by atoms with Crippen molar-refractivity contribution in [1.29, 1.82) is 0 Å². The molecule has 34 valence electrons. The van der Waals surface area contributed by atoms with Crippen molar-refractivity contribution < 1.29 is 0 Å². The van der Waals surface area contributed by atoms with Crippen molar-refractivity contribution in [3.63, 3.8) is 0 Å². The molecule has 0 N–H and O–H groups in total. The van der Waals surface area contributed by atoms with Gasteiger partial charge in [0.1, 0.15) is 0 Å². The van der Waals surface area contributed by atoms with Crippen molar-refractivity contribution >= 4 is 17.0 Å². The third-order valence-corrected chi connectivity index (χ3v) is 0.500. The summed E-state index contributed by atoms with van der Waals surface area (Å²) in [6.07, 6.45) is 2.64. The maximum Gasteiger partial charge on any atom is -0.0564 e. The molecule has 0 nitrogen and oxygen atoms in total. The summed E-state index contributed by atoms with van der Waals surface area (Å²) < 4.78 is 0. The van der Waals surface area contributed by atoms with Crippen molar-refractivity contribution in [2.24, 2.45) is 0 Å². The van der Waals surface area contributed by atoms with E-state index in [4.69, 9.17) is 0 Å². The van der Waals surface area contributed by atoms with Crippen LogP contribution in [0.4, 0.5) is 0 Å². The SMILES string of the molecule is Br.CCCC. The van der Waals surface area contributed by atoms with Gasteiger partial charge >= 0.3 is 0 Å². The van der Waals surface area contributed by atoms with E-state index < -0.39 is 0 Å². The topological polar surface area (TPSA) is 0 Å². The van der Waals surface area contributed by atoms with Gasteiger partial charge in [0.25, 0.3) is 0 Å². The first kappa shape index (κ1) is 9.08. The summed E-state index contributed by atoms with van der Waals surface area (Å²) in [5, 5.41) is 0. The highest BCUT2D eigenvalue weighted by molar-refractivity contribution is 8.93. The lowest BCUT2D eigenvalue weighted by Gasteiger charge is -1.68. The van der Waals surface area contributed by atoms with Gasteiger partial charge in [-0.2, -0.15) is 0 Å². The highest BCUT2D eigenvalue weighted by atomic mass is 79.9. The fraction of sp³-hybridized carbons (Fsp3) is 1.00. The van der Waals surface area contributed by atoms with Crippen LogP contribution in [0.3, 0.4) is 0 Å². The first-order valence-corrected chi connectivity index (χ1v) is 1.91. The average Bonchev–Trinajstić information content (AvgIpc) is 1.37. The van der Waals surface area contributed by atoms with Crippen LogP contribution in [0.2, 0.25) is 0 Å². The van der Waals surface area contributed by atoms with Crippen LogP contribution in [0, 0.1) is 0 Å². The molecule has 0 aromatic rings. The molecule has 5 heavy (non-hydrogen) atoms. The molecule has 0 rings (SSSR count). The third-order valence-electron chi connectivity index (χ3n) is 0.500. The predicted molar refractivity (Wildman–Crippen MR) is 30.9 cm³/mol. The molecule has 0 spiro atoms. The molecule has 0 saturated carbocycles. The molecule has 0 saturated heterocycles. The van der Waals surface area contributed by atoms with Crippen LogP contribution >= 0.6 is 17.0 Å². The number of hydrogen-bond donors (Lipinski definition) is 0. The van der Waals surface area contributed by atoms with Crippen LogP contribution in [0.1, 0.15) is 26.7 Å². The Balaban J connectivity index is 0. The first-order valence-electron chi connectivity index (χ1n) is 1.91. The Labute approximate surface area is 44.3 Å². The van der Waals surface area contributed by atoms with Crippen molar-refractivity contribution in [2.45, 2.75) is 26.7 Å². The molecule has 0 aliphatic carbocycles. The molecule has 0 atom stereocenters. The summed E-state index contributed by atoms with van der Waals surface area (Å²) in [4.78, 5) is 0. The van der Waals surface area contributed by atoms with Gasteiger partial charge in [-0.15, -0.1) is 17.0 Å². The molecular weight excluding hydrogens is 128 g/mol. The lowest BCUT2D eigenvalue weighted by Crippen LogP contribution is -1.47. The molecule has 0 bridgehead atoms. The Morgan fingerprint density at radius 2 is 1.20 bits per heavy atom. The molecule has 0 aliphatic heterocycles. The quantitative estimate of drug-likeness (QED) is 0.523. The van der Waals surface area contributed by atoms with Crippen molar-refractivity contribution in [1.82, 2.24) is 0 Å². The van der Waals surface area contributed by atoms with E-state index in [0.717, 1.165) is 0 Å². The van der Waals surface area contributed by atoms with E-state index in [-0.39, 0.29) is 17.0 Å². The Morgan fingerprint density at radius 3 is 1.20 bits per heavy atom. The smallest absolute Gasteiger partial charge is 0.0564 e. The largest absolute Gasteiger partial charge is 0.114 e. The maximum atomic E-state index is 2.18. The van der Waals surface area contributed by atoms with E-state index in [1.165, 1.54) is 12.8 Å². The zero-order valence-corrected chi connectivity index (χ0v) is 5.54. The molecule has 0 aliphatic rings. The number of hydrogen-bond acceptors (Lipinski definition) is 0. The van der Waals surface area contributed by atoms with Crippen molar-refractivity contribution in [3.05, 3.63) is 0 Å². The van der Waals surface area contributed by atoms with E-state index in [9.17, 15) is 0 Å². The second-order valence-corrected chi connectivity index (χ2v) is 1.000. The summed E-state index contributed by atoms with van der Waals surface area (Å²) >= 11 is 0. The maximum absolute atomic E-state index is 2.18. The summed E-state index contributed by atoms with van der Waals surface area (Å²) in [5.74, 6) is 0. The first-order chi connectivity index (χ1) is 1.91. The highest BCUT2D eigenvalue weighted by Gasteiger charge is 1.56. The monoisotopic (exact) mass is 138 g/mol. The van der Waals surface area contributed by atoms with E-state index in [1.54, 1.807) is 0 Å². The third kappa shape index (κ3) is 12.6. The average molecular weight is 139 g/mol. The zero-order chi connectivity index (χ0) is 3.41. The summed E-state index contributed by atoms with van der Waals surface area (Å²) in [6.45, 7) is 4.36. The second-order valence-electron chi connectivity index (χ2n) is 1.000. The van der Waals surface area contributed by atoms with Crippen LogP contribution in [0.5, 0.6) is 0 Å². The Kier molecular flexibility index (Phi) is 16.0. The summed E-state index contributed by atoms with van der Waals surface area (Å²) in [5.41, 5.74) is 0. The molecule has 0 fully saturated rings. The molecular formula is C4H11Br. The second kappa shape index (κ2) is 8.82. The zero-order valence-electron chi connectivity index (χ0n) is 3.82. The number of unbranched alkanes of at least 4 members (excludes halogenated alkanes) is 1. The number of halogens is 1. The molecule has 0 heterocycles.